The van der Waals surface area contributed by atoms with Crippen molar-refractivity contribution in [1.82, 2.24) is 19.5 Å². The fraction of sp³-hybridized carbons (Fsp3) is 0.435. The molecule has 172 valence electrons. The van der Waals surface area contributed by atoms with Gasteiger partial charge in [0.2, 0.25) is 5.91 Å². The van der Waals surface area contributed by atoms with Crippen LogP contribution < -0.4 is 5.32 Å². The molecule has 0 saturated heterocycles. The van der Waals surface area contributed by atoms with Crippen molar-refractivity contribution in [1.29, 1.82) is 0 Å². The fourth-order valence-electron chi connectivity index (χ4n) is 3.55. The molecule has 9 heteroatoms. The molecular weight excluding hydrogens is 585 g/mol. The molecule has 1 atom stereocenters. The van der Waals surface area contributed by atoms with Gasteiger partial charge in [0, 0.05) is 30.6 Å². The average Bonchev–Trinajstić information content (AvgIpc) is 3.18. The molecule has 1 aromatic carbocycles. The van der Waals surface area contributed by atoms with E-state index in [0.717, 1.165) is 36.0 Å². The van der Waals surface area contributed by atoms with E-state index < -0.39 is 0 Å². The fourth-order valence-corrected chi connectivity index (χ4v) is 4.58. The van der Waals surface area contributed by atoms with Crippen LogP contribution in [0.4, 0.5) is 5.82 Å². The van der Waals surface area contributed by atoms with Crippen molar-refractivity contribution in [3.8, 4) is 17.0 Å². The van der Waals surface area contributed by atoms with Gasteiger partial charge in [-0.25, -0.2) is 4.98 Å². The van der Waals surface area contributed by atoms with Crippen molar-refractivity contribution >= 4 is 55.9 Å². The molecule has 0 saturated carbocycles. The van der Waals surface area contributed by atoms with Gasteiger partial charge in [-0.05, 0) is 40.9 Å². The summed E-state index contributed by atoms with van der Waals surface area (Å²) < 4.78 is 3.21. The number of phenols is 1. The summed E-state index contributed by atoms with van der Waals surface area (Å²) in [4.78, 5) is 19.3. The second kappa shape index (κ2) is 11.8. The molecule has 1 unspecified atom stereocenters. The zero-order chi connectivity index (χ0) is 23.1. The molecule has 2 heterocycles. The van der Waals surface area contributed by atoms with Gasteiger partial charge in [0.15, 0.2) is 5.65 Å². The second-order valence-electron chi connectivity index (χ2n) is 7.82. The van der Waals surface area contributed by atoms with E-state index in [1.165, 1.54) is 0 Å². The lowest BCUT2D eigenvalue weighted by atomic mass is 10.0. The van der Waals surface area contributed by atoms with Crippen LogP contribution in [0.15, 0.2) is 41.0 Å². The van der Waals surface area contributed by atoms with E-state index in [-0.39, 0.29) is 17.6 Å². The zero-order valence-corrected chi connectivity index (χ0v) is 22.1. The first-order valence-electron chi connectivity index (χ1n) is 10.9. The van der Waals surface area contributed by atoms with E-state index in [9.17, 15) is 9.90 Å². The quantitative estimate of drug-likeness (QED) is 0.125. The van der Waals surface area contributed by atoms with Gasteiger partial charge < -0.3 is 15.3 Å². The number of benzene rings is 1. The standard InChI is InChI=1S/C23H29BrIN5O2/c1-3-4-8-16(2)23(32)29(15-25)12-7-11-26-21-13-19(17-9-5-6-10-20(17)31)28-22-18(24)14-27-30(21)22/h5-6,9-10,13-14,16,26,31H,3-4,7-8,11-12,15H2,1-2H3. The number of phenolic OH excluding ortho intramolecular Hbond substituents is 1. The maximum atomic E-state index is 12.7. The molecule has 1 amide bonds. The summed E-state index contributed by atoms with van der Waals surface area (Å²) in [6.07, 6.45) is 5.65. The molecule has 0 fully saturated rings. The molecule has 3 rings (SSSR count). The SMILES string of the molecule is CCCCC(C)C(=O)N(CI)CCCNc1cc(-c2ccccc2O)nc2c(Br)cnn12. The maximum absolute atomic E-state index is 12.7. The summed E-state index contributed by atoms with van der Waals surface area (Å²) in [5, 5.41) is 18.1. The summed E-state index contributed by atoms with van der Waals surface area (Å²) in [5.41, 5.74) is 1.99. The number of hydrogen-bond donors (Lipinski definition) is 2. The molecule has 32 heavy (non-hydrogen) atoms. The van der Waals surface area contributed by atoms with E-state index in [2.05, 4.69) is 60.8 Å². The first kappa shape index (κ1) is 24.8. The number of aromatic hydroxyl groups is 1. The van der Waals surface area contributed by atoms with Gasteiger partial charge in [0.25, 0.3) is 0 Å². The van der Waals surface area contributed by atoms with Crippen LogP contribution in [0.1, 0.15) is 39.5 Å². The van der Waals surface area contributed by atoms with E-state index in [1.54, 1.807) is 22.8 Å². The largest absolute Gasteiger partial charge is 0.507 e. The third kappa shape index (κ3) is 5.92. The number of nitrogens with one attached hydrogen (secondary N) is 1. The lowest BCUT2D eigenvalue weighted by molar-refractivity contribution is -0.134. The average molecular weight is 614 g/mol. The molecule has 0 aliphatic heterocycles. The van der Waals surface area contributed by atoms with Crippen molar-refractivity contribution < 1.29 is 9.90 Å². The molecule has 2 N–H and O–H groups in total. The highest BCUT2D eigenvalue weighted by molar-refractivity contribution is 14.1. The number of anilines is 1. The van der Waals surface area contributed by atoms with Gasteiger partial charge in [-0.1, -0.05) is 61.4 Å². The topological polar surface area (TPSA) is 82.8 Å². The van der Waals surface area contributed by atoms with Crippen molar-refractivity contribution in [3.63, 3.8) is 0 Å². The number of halogens is 2. The summed E-state index contributed by atoms with van der Waals surface area (Å²) >= 11 is 5.76. The molecule has 3 aromatic rings. The third-order valence-corrected chi connectivity index (χ3v) is 6.77. The van der Waals surface area contributed by atoms with Gasteiger partial charge in [-0.2, -0.15) is 9.61 Å². The summed E-state index contributed by atoms with van der Waals surface area (Å²) in [5.74, 6) is 1.26. The number of unbranched alkanes of at least 4 members (excludes halogenated alkanes) is 1. The second-order valence-corrected chi connectivity index (χ2v) is 9.35. The molecule has 2 aromatic heterocycles. The maximum Gasteiger partial charge on any atom is 0.226 e. The monoisotopic (exact) mass is 613 g/mol. The van der Waals surface area contributed by atoms with Gasteiger partial charge >= 0.3 is 0 Å². The van der Waals surface area contributed by atoms with E-state index in [4.69, 9.17) is 0 Å². The number of aromatic nitrogens is 3. The van der Waals surface area contributed by atoms with Crippen molar-refractivity contribution in [2.75, 3.05) is 23.0 Å². The predicted molar refractivity (Wildman–Crippen MR) is 140 cm³/mol. The lowest BCUT2D eigenvalue weighted by Gasteiger charge is -2.24. The molecule has 0 spiro atoms. The highest BCUT2D eigenvalue weighted by Crippen LogP contribution is 2.31. The molecular formula is C23H29BrIN5O2. The van der Waals surface area contributed by atoms with Crippen LogP contribution in [0.2, 0.25) is 0 Å². The number of rotatable bonds is 11. The van der Waals surface area contributed by atoms with Crippen LogP contribution in [0.25, 0.3) is 16.9 Å². The Morgan fingerprint density at radius 2 is 2.12 bits per heavy atom. The Kier molecular flexibility index (Phi) is 9.15. The number of para-hydroxylation sites is 1. The Balaban J connectivity index is 1.70. The van der Waals surface area contributed by atoms with Gasteiger partial charge in [-0.15, -0.1) is 0 Å². The van der Waals surface area contributed by atoms with Crippen LogP contribution in [0.3, 0.4) is 0 Å². The Bertz CT molecular complexity index is 1060. The van der Waals surface area contributed by atoms with Gasteiger partial charge in [0.1, 0.15) is 11.6 Å². The highest BCUT2D eigenvalue weighted by Gasteiger charge is 2.19. The molecule has 0 radical (unpaired) electrons. The van der Waals surface area contributed by atoms with Crippen molar-refractivity contribution in [2.45, 2.75) is 39.5 Å². The predicted octanol–water partition coefficient (Wildman–Crippen LogP) is 5.71. The number of fused-ring (bicyclic) bond motifs is 1. The number of amides is 1. The van der Waals surface area contributed by atoms with E-state index in [0.29, 0.717) is 34.5 Å². The zero-order valence-electron chi connectivity index (χ0n) is 18.4. The van der Waals surface area contributed by atoms with Crippen molar-refractivity contribution in [3.05, 3.63) is 41.0 Å². The molecule has 0 bridgehead atoms. The van der Waals surface area contributed by atoms with Crippen LogP contribution in [0.5, 0.6) is 5.75 Å². The smallest absolute Gasteiger partial charge is 0.226 e. The third-order valence-electron chi connectivity index (χ3n) is 5.39. The van der Waals surface area contributed by atoms with E-state index in [1.807, 2.05) is 30.0 Å². The Hall–Kier alpha value is -1.88. The Morgan fingerprint density at radius 3 is 2.84 bits per heavy atom. The number of nitrogens with zero attached hydrogens (tertiary/aromatic N) is 4. The lowest BCUT2D eigenvalue weighted by Crippen LogP contribution is -2.35. The summed E-state index contributed by atoms with van der Waals surface area (Å²) in [6, 6.07) is 9.03. The normalized spacial score (nSPS) is 12.1. The van der Waals surface area contributed by atoms with Gasteiger partial charge in [0.05, 0.1) is 20.9 Å². The Labute approximate surface area is 210 Å². The van der Waals surface area contributed by atoms with Crippen LogP contribution in [-0.4, -0.2) is 48.2 Å². The highest BCUT2D eigenvalue weighted by atomic mass is 127. The Morgan fingerprint density at radius 1 is 1.34 bits per heavy atom. The number of hydrogen-bond acceptors (Lipinski definition) is 5. The summed E-state index contributed by atoms with van der Waals surface area (Å²) in [7, 11) is 0. The molecule has 0 aliphatic rings. The number of carbonyl (C=O) groups is 1. The minimum absolute atomic E-state index is 0.0695. The first-order valence-corrected chi connectivity index (χ1v) is 13.2. The van der Waals surface area contributed by atoms with Crippen LogP contribution in [-0.2, 0) is 4.79 Å². The van der Waals surface area contributed by atoms with Crippen molar-refractivity contribution in [2.24, 2.45) is 5.92 Å². The van der Waals surface area contributed by atoms with E-state index >= 15 is 0 Å². The number of carbonyl (C=O) groups excluding carboxylic acids is 1. The molecule has 7 nitrogen and oxygen atoms in total. The van der Waals surface area contributed by atoms with Crippen LogP contribution in [0, 0.1) is 5.92 Å². The minimum atomic E-state index is 0.0695. The van der Waals surface area contributed by atoms with Gasteiger partial charge in [-0.3, -0.25) is 4.79 Å². The van der Waals surface area contributed by atoms with Crippen LogP contribution >= 0.6 is 38.5 Å². The first-order chi connectivity index (χ1) is 15.5. The summed E-state index contributed by atoms with van der Waals surface area (Å²) in [6.45, 7) is 5.56. The molecule has 0 aliphatic carbocycles. The number of alkyl halides is 1. The minimum Gasteiger partial charge on any atom is -0.507 e.